The summed E-state index contributed by atoms with van der Waals surface area (Å²) in [5, 5.41) is 9.14. The van der Waals surface area contributed by atoms with Crippen LogP contribution >= 0.6 is 24.0 Å². The van der Waals surface area contributed by atoms with Crippen LogP contribution in [-0.4, -0.2) is 22.2 Å². The van der Waals surface area contributed by atoms with Crippen LogP contribution in [0.4, 0.5) is 0 Å². The topological polar surface area (TPSA) is 57.2 Å². The molecule has 2 heterocycles. The molecular weight excluding hydrogens is 316 g/mol. The van der Waals surface area contributed by atoms with Crippen molar-refractivity contribution in [3.05, 3.63) is 52.6 Å². The van der Waals surface area contributed by atoms with Gasteiger partial charge in [0.05, 0.1) is 16.5 Å². The van der Waals surface area contributed by atoms with Gasteiger partial charge in [-0.3, -0.25) is 9.69 Å². The number of hydrogen-bond donors (Lipinski definition) is 0. The number of nitrogens with zero attached hydrogens (tertiary/aromatic N) is 2. The van der Waals surface area contributed by atoms with Crippen LogP contribution in [0.2, 0.25) is 0 Å². The molecule has 6 heteroatoms. The van der Waals surface area contributed by atoms with Gasteiger partial charge in [0.1, 0.15) is 15.8 Å². The van der Waals surface area contributed by atoms with E-state index < -0.39 is 0 Å². The van der Waals surface area contributed by atoms with Gasteiger partial charge in [-0.15, -0.1) is 0 Å². The molecule has 0 N–H and O–H groups in total. The number of benzene rings is 1. The molecule has 22 heavy (non-hydrogen) atoms. The van der Waals surface area contributed by atoms with E-state index in [-0.39, 0.29) is 5.91 Å². The fourth-order valence-corrected chi connectivity index (χ4v) is 3.20. The lowest BCUT2D eigenvalue weighted by molar-refractivity contribution is -0.121. The van der Waals surface area contributed by atoms with E-state index in [4.69, 9.17) is 21.9 Å². The highest BCUT2D eigenvalue weighted by Crippen LogP contribution is 2.33. The van der Waals surface area contributed by atoms with Crippen LogP contribution in [0.1, 0.15) is 11.3 Å². The number of carbonyl (C=O) groups is 1. The van der Waals surface area contributed by atoms with Gasteiger partial charge in [-0.25, -0.2) is 0 Å². The number of likely N-dealkylation sites (N-methyl/N-ethyl adjacent to an activating group) is 1. The van der Waals surface area contributed by atoms with Crippen molar-refractivity contribution < 1.29 is 9.21 Å². The molecule has 0 atom stereocenters. The van der Waals surface area contributed by atoms with Gasteiger partial charge in [0.25, 0.3) is 5.91 Å². The van der Waals surface area contributed by atoms with E-state index in [9.17, 15) is 4.79 Å². The maximum absolute atomic E-state index is 12.0. The molecule has 1 aliphatic heterocycles. The molecule has 1 amide bonds. The number of furan rings is 1. The third-order valence-corrected chi connectivity index (χ3v) is 4.68. The maximum atomic E-state index is 12.0. The zero-order valence-electron chi connectivity index (χ0n) is 11.6. The number of carbonyl (C=O) groups excluding carboxylic acids is 1. The first-order valence-corrected chi connectivity index (χ1v) is 7.63. The molecule has 0 unspecified atom stereocenters. The Balaban J connectivity index is 1.94. The molecule has 1 aromatic heterocycles. The van der Waals surface area contributed by atoms with Crippen molar-refractivity contribution >= 4 is 40.3 Å². The SMILES string of the molecule is CN1C(=O)C(=Cc2ccc(-c3ccccc3C#N)o2)SC1=S. The number of rotatable bonds is 2. The highest BCUT2D eigenvalue weighted by Gasteiger charge is 2.29. The summed E-state index contributed by atoms with van der Waals surface area (Å²) in [5.41, 5.74) is 1.27. The molecule has 0 saturated carbocycles. The number of amides is 1. The van der Waals surface area contributed by atoms with E-state index in [2.05, 4.69) is 6.07 Å². The average Bonchev–Trinajstić information content (AvgIpc) is 3.09. The Morgan fingerprint density at radius 2 is 2.09 bits per heavy atom. The molecule has 0 bridgehead atoms. The summed E-state index contributed by atoms with van der Waals surface area (Å²) < 4.78 is 6.26. The third kappa shape index (κ3) is 2.56. The van der Waals surface area contributed by atoms with Gasteiger partial charge in [-0.05, 0) is 24.3 Å². The Kier molecular flexibility index (Phi) is 3.84. The van der Waals surface area contributed by atoms with E-state index >= 15 is 0 Å². The Morgan fingerprint density at radius 1 is 1.32 bits per heavy atom. The van der Waals surface area contributed by atoms with Crippen molar-refractivity contribution in [2.24, 2.45) is 0 Å². The summed E-state index contributed by atoms with van der Waals surface area (Å²) in [6.07, 6.45) is 1.67. The lowest BCUT2D eigenvalue weighted by Gasteiger charge is -2.03. The van der Waals surface area contributed by atoms with Crippen molar-refractivity contribution in [1.82, 2.24) is 4.90 Å². The lowest BCUT2D eigenvalue weighted by atomic mass is 10.1. The van der Waals surface area contributed by atoms with Crippen LogP contribution in [-0.2, 0) is 4.79 Å². The number of hydrogen-bond acceptors (Lipinski definition) is 5. The summed E-state index contributed by atoms with van der Waals surface area (Å²) >= 11 is 6.33. The normalized spacial score (nSPS) is 16.4. The zero-order valence-corrected chi connectivity index (χ0v) is 13.2. The van der Waals surface area contributed by atoms with E-state index in [1.165, 1.54) is 16.7 Å². The minimum absolute atomic E-state index is 0.134. The first-order valence-electron chi connectivity index (χ1n) is 6.41. The quantitative estimate of drug-likeness (QED) is 0.623. The van der Waals surface area contributed by atoms with Gasteiger partial charge in [-0.2, -0.15) is 5.26 Å². The van der Waals surface area contributed by atoms with Gasteiger partial charge < -0.3 is 4.42 Å². The molecule has 1 aromatic carbocycles. The Morgan fingerprint density at radius 3 is 2.77 bits per heavy atom. The maximum Gasteiger partial charge on any atom is 0.266 e. The van der Waals surface area contributed by atoms with Crippen molar-refractivity contribution in [2.75, 3.05) is 7.05 Å². The second-order valence-corrected chi connectivity index (χ2v) is 6.28. The van der Waals surface area contributed by atoms with Crippen LogP contribution in [0.25, 0.3) is 17.4 Å². The van der Waals surface area contributed by atoms with E-state index in [1.54, 1.807) is 37.4 Å². The molecule has 2 aromatic rings. The molecule has 1 aliphatic rings. The van der Waals surface area contributed by atoms with Gasteiger partial charge >= 0.3 is 0 Å². The fourth-order valence-electron chi connectivity index (χ4n) is 2.05. The molecule has 0 radical (unpaired) electrons. The highest BCUT2D eigenvalue weighted by atomic mass is 32.2. The average molecular weight is 326 g/mol. The minimum atomic E-state index is -0.134. The van der Waals surface area contributed by atoms with E-state index in [0.717, 1.165) is 5.56 Å². The second kappa shape index (κ2) is 5.79. The molecule has 0 aliphatic carbocycles. The van der Waals surface area contributed by atoms with Gasteiger partial charge in [0, 0.05) is 18.7 Å². The summed E-state index contributed by atoms with van der Waals surface area (Å²) in [6.45, 7) is 0. The summed E-state index contributed by atoms with van der Waals surface area (Å²) in [7, 11) is 1.65. The van der Waals surface area contributed by atoms with E-state index in [1.807, 2.05) is 12.1 Å². The predicted molar refractivity (Wildman–Crippen MR) is 89.8 cm³/mol. The van der Waals surface area contributed by atoms with Gasteiger partial charge in [0.15, 0.2) is 0 Å². The summed E-state index contributed by atoms with van der Waals surface area (Å²) in [4.78, 5) is 13.9. The predicted octanol–water partition coefficient (Wildman–Crippen LogP) is 3.65. The van der Waals surface area contributed by atoms with Crippen molar-refractivity contribution in [3.63, 3.8) is 0 Å². The third-order valence-electron chi connectivity index (χ3n) is 3.20. The van der Waals surface area contributed by atoms with Gasteiger partial charge in [-0.1, -0.05) is 36.1 Å². The molecule has 4 nitrogen and oxygen atoms in total. The summed E-state index contributed by atoms with van der Waals surface area (Å²) in [5.74, 6) is 1.01. The molecule has 3 rings (SSSR count). The largest absolute Gasteiger partial charge is 0.457 e. The van der Waals surface area contributed by atoms with Crippen molar-refractivity contribution in [3.8, 4) is 17.4 Å². The Bertz CT molecular complexity index is 846. The smallest absolute Gasteiger partial charge is 0.266 e. The van der Waals surface area contributed by atoms with Crippen molar-refractivity contribution in [1.29, 1.82) is 5.26 Å². The molecule has 108 valence electrons. The van der Waals surface area contributed by atoms with Crippen molar-refractivity contribution in [2.45, 2.75) is 0 Å². The zero-order chi connectivity index (χ0) is 15.7. The number of nitriles is 1. The number of thioether (sulfide) groups is 1. The molecule has 1 fully saturated rings. The minimum Gasteiger partial charge on any atom is -0.457 e. The first kappa shape index (κ1) is 14.6. The fraction of sp³-hybridized carbons (Fsp3) is 0.0625. The highest BCUT2D eigenvalue weighted by molar-refractivity contribution is 8.26. The summed E-state index contributed by atoms with van der Waals surface area (Å²) in [6, 6.07) is 12.9. The van der Waals surface area contributed by atoms with Gasteiger partial charge in [0.2, 0.25) is 0 Å². The standard InChI is InChI=1S/C16H10N2O2S2/c1-18-15(19)14(22-16(18)21)8-11-6-7-13(20-11)12-5-3-2-4-10(12)9-17/h2-8H,1H3. The van der Waals surface area contributed by atoms with Crippen LogP contribution < -0.4 is 0 Å². The van der Waals surface area contributed by atoms with Crippen LogP contribution in [0.3, 0.4) is 0 Å². The molecule has 1 saturated heterocycles. The monoisotopic (exact) mass is 326 g/mol. The van der Waals surface area contributed by atoms with E-state index in [0.29, 0.717) is 26.3 Å². The lowest BCUT2D eigenvalue weighted by Crippen LogP contribution is -2.22. The van der Waals surface area contributed by atoms with Crippen LogP contribution in [0.15, 0.2) is 45.7 Å². The molecular formula is C16H10N2O2S2. The molecule has 0 spiro atoms. The second-order valence-electron chi connectivity index (χ2n) is 4.60. The Hall–Kier alpha value is -2.36. The Labute approximate surface area is 137 Å². The van der Waals surface area contributed by atoms with Crippen LogP contribution in [0, 0.1) is 11.3 Å². The first-order chi connectivity index (χ1) is 10.6. The number of thiocarbonyl (C=S) groups is 1. The van der Waals surface area contributed by atoms with Crippen LogP contribution in [0.5, 0.6) is 0 Å².